The number of carboxylic acid groups (broad SMARTS) is 1. The Labute approximate surface area is 125 Å². The molecule has 110 valence electrons. The third kappa shape index (κ3) is 2.45. The van der Waals surface area contributed by atoms with E-state index < -0.39 is 5.97 Å². The van der Waals surface area contributed by atoms with Gasteiger partial charge in [0.15, 0.2) is 0 Å². The number of benzene rings is 1. The largest absolute Gasteiger partial charge is 0.478 e. The summed E-state index contributed by atoms with van der Waals surface area (Å²) < 4.78 is 1.56. The highest BCUT2D eigenvalue weighted by molar-refractivity contribution is 5.87. The number of aromatic carboxylic acids is 1. The van der Waals surface area contributed by atoms with Crippen molar-refractivity contribution in [2.75, 3.05) is 0 Å². The molecule has 7 heteroatoms. The Morgan fingerprint density at radius 2 is 1.77 bits per heavy atom. The van der Waals surface area contributed by atoms with Crippen LogP contribution in [0.2, 0.25) is 0 Å². The number of aromatic nitrogens is 4. The summed E-state index contributed by atoms with van der Waals surface area (Å²) in [5, 5.41) is 26.4. The molecule has 0 aliphatic heterocycles. The van der Waals surface area contributed by atoms with Gasteiger partial charge in [-0.15, -0.1) is 5.10 Å². The third-order valence-electron chi connectivity index (χ3n) is 3.20. The first-order valence-electron chi connectivity index (χ1n) is 6.50. The quantitative estimate of drug-likeness (QED) is 0.757. The number of nitrogens with zero attached hydrogens (tertiary/aromatic N) is 4. The van der Waals surface area contributed by atoms with E-state index in [4.69, 9.17) is 5.11 Å². The van der Waals surface area contributed by atoms with Crippen LogP contribution in [0.25, 0.3) is 16.9 Å². The van der Waals surface area contributed by atoms with Gasteiger partial charge in [-0.3, -0.25) is 4.98 Å². The summed E-state index contributed by atoms with van der Waals surface area (Å²) in [6.45, 7) is -0.245. The van der Waals surface area contributed by atoms with Crippen LogP contribution in [0.5, 0.6) is 0 Å². The van der Waals surface area contributed by atoms with Crippen molar-refractivity contribution >= 4 is 5.97 Å². The Kier molecular flexibility index (Phi) is 3.63. The van der Waals surface area contributed by atoms with Crippen LogP contribution in [-0.2, 0) is 6.61 Å². The fraction of sp³-hybridized carbons (Fsp3) is 0.0667. The molecular formula is C15H12N4O3. The average molecular weight is 296 g/mol. The second kappa shape index (κ2) is 5.74. The van der Waals surface area contributed by atoms with Crippen molar-refractivity contribution in [3.63, 3.8) is 0 Å². The number of pyridine rings is 1. The molecule has 0 radical (unpaired) electrons. The fourth-order valence-corrected chi connectivity index (χ4v) is 2.14. The van der Waals surface area contributed by atoms with Crippen LogP contribution in [0.15, 0.2) is 48.8 Å². The van der Waals surface area contributed by atoms with Crippen LogP contribution in [0.4, 0.5) is 0 Å². The lowest BCUT2D eigenvalue weighted by molar-refractivity contribution is 0.0697. The Bertz CT molecular complexity index is 797. The number of rotatable bonds is 4. The minimum atomic E-state index is -0.990. The minimum absolute atomic E-state index is 0.191. The molecule has 2 heterocycles. The summed E-state index contributed by atoms with van der Waals surface area (Å²) in [7, 11) is 0. The van der Waals surface area contributed by atoms with E-state index >= 15 is 0 Å². The van der Waals surface area contributed by atoms with Crippen molar-refractivity contribution in [1.29, 1.82) is 0 Å². The highest BCUT2D eigenvalue weighted by atomic mass is 16.4. The van der Waals surface area contributed by atoms with Gasteiger partial charge >= 0.3 is 5.97 Å². The summed E-state index contributed by atoms with van der Waals surface area (Å²) in [5.41, 5.74) is 2.74. The van der Waals surface area contributed by atoms with Gasteiger partial charge in [-0.2, -0.15) is 0 Å². The molecule has 3 rings (SSSR count). The molecule has 0 bridgehead atoms. The van der Waals surface area contributed by atoms with Crippen LogP contribution in [-0.4, -0.2) is 36.2 Å². The first-order chi connectivity index (χ1) is 10.7. The van der Waals surface area contributed by atoms with Crippen molar-refractivity contribution in [2.45, 2.75) is 6.61 Å². The first kappa shape index (κ1) is 13.9. The van der Waals surface area contributed by atoms with Crippen molar-refractivity contribution in [2.24, 2.45) is 0 Å². The molecule has 0 fully saturated rings. The van der Waals surface area contributed by atoms with E-state index in [1.807, 2.05) is 0 Å². The van der Waals surface area contributed by atoms with Crippen molar-refractivity contribution in [3.05, 3.63) is 60.0 Å². The van der Waals surface area contributed by atoms with E-state index in [-0.39, 0.29) is 12.2 Å². The SMILES string of the molecule is O=C(O)c1ccc(-n2nnc(CO)c2-c2ccncc2)cc1. The zero-order valence-corrected chi connectivity index (χ0v) is 11.4. The number of carbonyl (C=O) groups is 1. The maximum Gasteiger partial charge on any atom is 0.335 e. The molecule has 0 amide bonds. The van der Waals surface area contributed by atoms with Gasteiger partial charge < -0.3 is 10.2 Å². The van der Waals surface area contributed by atoms with E-state index in [0.717, 1.165) is 5.56 Å². The zero-order chi connectivity index (χ0) is 15.5. The number of aliphatic hydroxyl groups is 1. The maximum absolute atomic E-state index is 10.9. The predicted octanol–water partition coefficient (Wildman–Crippen LogP) is 1.52. The lowest BCUT2D eigenvalue weighted by atomic mass is 10.1. The smallest absolute Gasteiger partial charge is 0.335 e. The van der Waals surface area contributed by atoms with E-state index in [9.17, 15) is 9.90 Å². The minimum Gasteiger partial charge on any atom is -0.478 e. The molecule has 0 spiro atoms. The van der Waals surface area contributed by atoms with E-state index in [2.05, 4.69) is 15.3 Å². The number of aliphatic hydroxyl groups excluding tert-OH is 1. The highest BCUT2D eigenvalue weighted by Crippen LogP contribution is 2.24. The molecule has 0 aliphatic rings. The summed E-state index contributed by atoms with van der Waals surface area (Å²) in [6.07, 6.45) is 3.28. The second-order valence-electron chi connectivity index (χ2n) is 4.54. The van der Waals surface area contributed by atoms with Gasteiger partial charge in [0.1, 0.15) is 11.4 Å². The molecule has 2 aromatic heterocycles. The molecule has 3 aromatic rings. The third-order valence-corrected chi connectivity index (χ3v) is 3.20. The Morgan fingerprint density at radius 3 is 2.36 bits per heavy atom. The first-order valence-corrected chi connectivity index (χ1v) is 6.50. The normalized spacial score (nSPS) is 10.6. The van der Waals surface area contributed by atoms with Gasteiger partial charge in [0.05, 0.1) is 17.9 Å². The Morgan fingerprint density at radius 1 is 1.09 bits per heavy atom. The van der Waals surface area contributed by atoms with Gasteiger partial charge in [0, 0.05) is 18.0 Å². The predicted molar refractivity (Wildman–Crippen MR) is 77.5 cm³/mol. The molecule has 0 atom stereocenters. The molecule has 0 saturated heterocycles. The van der Waals surface area contributed by atoms with Crippen LogP contribution < -0.4 is 0 Å². The van der Waals surface area contributed by atoms with E-state index in [1.165, 1.54) is 12.1 Å². The maximum atomic E-state index is 10.9. The summed E-state index contributed by atoms with van der Waals surface area (Å²) >= 11 is 0. The van der Waals surface area contributed by atoms with Crippen molar-refractivity contribution in [3.8, 4) is 16.9 Å². The lowest BCUT2D eigenvalue weighted by Gasteiger charge is -2.08. The number of hydrogen-bond acceptors (Lipinski definition) is 5. The van der Waals surface area contributed by atoms with Gasteiger partial charge in [-0.25, -0.2) is 9.48 Å². The molecule has 0 unspecified atom stereocenters. The van der Waals surface area contributed by atoms with Gasteiger partial charge in [0.25, 0.3) is 0 Å². The van der Waals surface area contributed by atoms with Gasteiger partial charge in [-0.05, 0) is 36.4 Å². The van der Waals surface area contributed by atoms with Crippen LogP contribution in [0.1, 0.15) is 16.1 Å². The Hall–Kier alpha value is -3.06. The average Bonchev–Trinajstić information content (AvgIpc) is 2.99. The van der Waals surface area contributed by atoms with Gasteiger partial charge in [-0.1, -0.05) is 5.21 Å². The topological polar surface area (TPSA) is 101 Å². The Balaban J connectivity index is 2.12. The van der Waals surface area contributed by atoms with Gasteiger partial charge in [0.2, 0.25) is 0 Å². The molecule has 7 nitrogen and oxygen atoms in total. The molecule has 22 heavy (non-hydrogen) atoms. The van der Waals surface area contributed by atoms with Crippen molar-refractivity contribution < 1.29 is 15.0 Å². The van der Waals surface area contributed by atoms with Crippen LogP contribution >= 0.6 is 0 Å². The fourth-order valence-electron chi connectivity index (χ4n) is 2.14. The van der Waals surface area contributed by atoms with E-state index in [1.54, 1.807) is 41.3 Å². The molecule has 0 saturated carbocycles. The molecule has 2 N–H and O–H groups in total. The summed E-state index contributed by atoms with van der Waals surface area (Å²) in [5.74, 6) is -0.990. The lowest BCUT2D eigenvalue weighted by Crippen LogP contribution is -2.02. The monoisotopic (exact) mass is 296 g/mol. The molecular weight excluding hydrogens is 284 g/mol. The summed E-state index contributed by atoms with van der Waals surface area (Å²) in [6, 6.07) is 9.86. The van der Waals surface area contributed by atoms with Crippen LogP contribution in [0, 0.1) is 0 Å². The summed E-state index contributed by atoms with van der Waals surface area (Å²) in [4.78, 5) is 14.9. The zero-order valence-electron chi connectivity index (χ0n) is 11.4. The van der Waals surface area contributed by atoms with Crippen molar-refractivity contribution in [1.82, 2.24) is 20.0 Å². The molecule has 1 aromatic carbocycles. The molecule has 0 aliphatic carbocycles. The highest BCUT2D eigenvalue weighted by Gasteiger charge is 2.15. The number of carboxylic acids is 1. The van der Waals surface area contributed by atoms with E-state index in [0.29, 0.717) is 17.1 Å². The second-order valence-corrected chi connectivity index (χ2v) is 4.54. The standard InChI is InChI=1S/C15H12N4O3/c20-9-13-14(10-5-7-16-8-6-10)19(18-17-13)12-3-1-11(2-4-12)15(21)22/h1-8,20H,9H2,(H,21,22). The number of hydrogen-bond donors (Lipinski definition) is 2. The van der Waals surface area contributed by atoms with Crippen LogP contribution in [0.3, 0.4) is 0 Å².